The molecule has 13 nitrogen and oxygen atoms in total. The second-order valence-corrected chi connectivity index (χ2v) is 17.5. The van der Waals surface area contributed by atoms with Gasteiger partial charge in [0.2, 0.25) is 5.91 Å². The highest BCUT2D eigenvalue weighted by Gasteiger charge is 2.35. The molecule has 330 valence electrons. The Labute approximate surface area is 366 Å². The van der Waals surface area contributed by atoms with E-state index in [1.807, 2.05) is 32.2 Å². The number of benzene rings is 1. The third kappa shape index (κ3) is 11.8. The molecule has 4 aromatic rings. The van der Waals surface area contributed by atoms with Gasteiger partial charge in [-0.3, -0.25) is 30.7 Å². The fourth-order valence-corrected chi connectivity index (χ4v) is 8.57. The molecule has 0 aliphatic carbocycles. The lowest BCUT2D eigenvalue weighted by Crippen LogP contribution is -2.56. The molecule has 4 rings (SSSR count). The number of ether oxygens (including phenoxy) is 2. The topological polar surface area (TPSA) is 157 Å². The first kappa shape index (κ1) is 48.5. The van der Waals surface area contributed by atoms with Crippen LogP contribution >= 0.6 is 11.3 Å². The number of aromatic nitrogens is 3. The molecule has 3 atom stereocenters. The van der Waals surface area contributed by atoms with Gasteiger partial charge in [-0.1, -0.05) is 53.5 Å². The van der Waals surface area contributed by atoms with Crippen LogP contribution in [0.4, 0.5) is 4.79 Å². The van der Waals surface area contributed by atoms with Crippen molar-refractivity contribution in [1.29, 1.82) is 0 Å². The van der Waals surface area contributed by atoms with Crippen molar-refractivity contribution < 1.29 is 23.9 Å². The van der Waals surface area contributed by atoms with Crippen LogP contribution in [0.5, 0.6) is 0 Å². The van der Waals surface area contributed by atoms with Crippen LogP contribution in [0.1, 0.15) is 83.2 Å². The van der Waals surface area contributed by atoms with Crippen LogP contribution in [0.25, 0.3) is 33.4 Å². The summed E-state index contributed by atoms with van der Waals surface area (Å²) in [6, 6.07) is 8.39. The fraction of sp³-hybridized carbons (Fsp3) is 0.468. The minimum atomic E-state index is -0.860. The van der Waals surface area contributed by atoms with Gasteiger partial charge in [-0.25, -0.2) is 9.78 Å². The number of fused-ring (bicyclic) bond motifs is 1. The van der Waals surface area contributed by atoms with Crippen molar-refractivity contribution in [3.63, 3.8) is 0 Å². The van der Waals surface area contributed by atoms with Crippen molar-refractivity contribution >= 4 is 40.0 Å². The van der Waals surface area contributed by atoms with E-state index in [1.54, 1.807) is 27.4 Å². The van der Waals surface area contributed by atoms with Crippen molar-refractivity contribution in [3.8, 4) is 22.5 Å². The van der Waals surface area contributed by atoms with Gasteiger partial charge in [-0.05, 0) is 74.9 Å². The number of amides is 3. The number of ketones is 1. The van der Waals surface area contributed by atoms with Gasteiger partial charge in [0.25, 0.3) is 0 Å². The number of aryl methyl sites for hydroxylation is 1. The Morgan fingerprint density at radius 3 is 2.49 bits per heavy atom. The van der Waals surface area contributed by atoms with Gasteiger partial charge in [0, 0.05) is 91.9 Å². The molecule has 4 N–H and O–H groups in total. The van der Waals surface area contributed by atoms with Crippen molar-refractivity contribution in [2.24, 2.45) is 17.2 Å². The predicted molar refractivity (Wildman–Crippen MR) is 247 cm³/mol. The lowest BCUT2D eigenvalue weighted by atomic mass is 9.84. The molecule has 1 aromatic carbocycles. The summed E-state index contributed by atoms with van der Waals surface area (Å²) in [7, 11) is 4.86. The molecule has 0 saturated heterocycles. The molecule has 0 bridgehead atoms. The van der Waals surface area contributed by atoms with Crippen LogP contribution in [-0.2, 0) is 38.4 Å². The maximum absolute atomic E-state index is 14.1. The van der Waals surface area contributed by atoms with Gasteiger partial charge in [-0.15, -0.1) is 11.3 Å². The third-order valence-corrected chi connectivity index (χ3v) is 11.9. The van der Waals surface area contributed by atoms with Crippen molar-refractivity contribution in [3.05, 3.63) is 95.9 Å². The fourth-order valence-electron chi connectivity index (χ4n) is 7.72. The van der Waals surface area contributed by atoms with Gasteiger partial charge in [0.1, 0.15) is 6.04 Å². The largest absolute Gasteiger partial charge is 0.501 e. The molecule has 61 heavy (non-hydrogen) atoms. The van der Waals surface area contributed by atoms with E-state index in [1.165, 1.54) is 39.0 Å². The number of hydrazine groups is 1. The Morgan fingerprint density at radius 2 is 1.85 bits per heavy atom. The summed E-state index contributed by atoms with van der Waals surface area (Å²) in [5, 5.41) is 6.82. The number of urea groups is 1. The number of thiazole rings is 1. The molecule has 3 aromatic heterocycles. The molecule has 3 amide bonds. The zero-order valence-corrected chi connectivity index (χ0v) is 38.4. The average molecular weight is 855 g/mol. The number of methoxy groups -OCH3 is 1. The van der Waals surface area contributed by atoms with Crippen LogP contribution in [0.3, 0.4) is 0 Å². The lowest BCUT2D eigenvalue weighted by molar-refractivity contribution is -0.131. The van der Waals surface area contributed by atoms with E-state index < -0.39 is 24.0 Å². The van der Waals surface area contributed by atoms with Crippen molar-refractivity contribution in [2.45, 2.75) is 98.4 Å². The van der Waals surface area contributed by atoms with Gasteiger partial charge >= 0.3 is 6.03 Å². The standard InChI is InChI=1S/C47H66N8O5S/c1-13-31(6)53(10)46(58)54(11)43(30(4)5)45(57)52-37(40(56)20-16-17-24-50-48)26-41-51-38(28-61-41)33-21-22-39-35(25-33)36(27-47(8,9)29-60-15-3)44(55(39)14-2)34-19-18-23-49-42(34)32(7)59-12/h13,15,18-19,21-23,25,28,30,32,37,43,50H,1,3,6,14,16-17,20,24,26-27,29,48H2,2,4-5,7-12H3,(H,52,57). The molecule has 3 heterocycles. The van der Waals surface area contributed by atoms with E-state index in [-0.39, 0.29) is 36.1 Å². The molecule has 0 fully saturated rings. The minimum Gasteiger partial charge on any atom is -0.501 e. The van der Waals surface area contributed by atoms with Gasteiger partial charge in [-0.2, -0.15) is 0 Å². The molecular weight excluding hydrogens is 789 g/mol. The lowest BCUT2D eigenvalue weighted by Gasteiger charge is -2.34. The van der Waals surface area contributed by atoms with Gasteiger partial charge in [0.05, 0.1) is 47.1 Å². The van der Waals surface area contributed by atoms with Crippen LogP contribution in [-0.4, -0.2) is 88.5 Å². The highest BCUT2D eigenvalue weighted by molar-refractivity contribution is 7.10. The molecular formula is C47H66N8O5S. The second kappa shape index (κ2) is 22.1. The van der Waals surface area contributed by atoms with Crippen molar-refractivity contribution in [2.75, 3.05) is 34.4 Å². The van der Waals surface area contributed by atoms with Crippen LogP contribution in [0.2, 0.25) is 0 Å². The number of hydrogen-bond donors (Lipinski definition) is 3. The van der Waals surface area contributed by atoms with Crippen LogP contribution in [0.15, 0.2) is 79.7 Å². The Bertz CT molecular complexity index is 2170. The first-order valence-electron chi connectivity index (χ1n) is 20.9. The van der Waals surface area contributed by atoms with E-state index >= 15 is 0 Å². The van der Waals surface area contributed by atoms with Gasteiger partial charge < -0.3 is 24.3 Å². The predicted octanol–water partition coefficient (Wildman–Crippen LogP) is 8.22. The van der Waals surface area contributed by atoms with Crippen LogP contribution < -0.4 is 16.6 Å². The molecule has 0 radical (unpaired) electrons. The quantitative estimate of drug-likeness (QED) is 0.0208. The minimum absolute atomic E-state index is 0.115. The number of hydrogen-bond acceptors (Lipinski definition) is 10. The number of carbonyl (C=O) groups is 3. The summed E-state index contributed by atoms with van der Waals surface area (Å²) in [5.41, 5.74) is 9.73. The highest BCUT2D eigenvalue weighted by Crippen LogP contribution is 2.42. The summed E-state index contributed by atoms with van der Waals surface area (Å²) in [5.74, 6) is 4.68. The van der Waals surface area contributed by atoms with E-state index in [0.717, 1.165) is 45.7 Å². The smallest absolute Gasteiger partial charge is 0.324 e. The number of allylic oxidation sites excluding steroid dienone is 1. The number of carbonyl (C=O) groups excluding carboxylic acids is 3. The number of nitrogens with zero attached hydrogens (tertiary/aromatic N) is 5. The zero-order valence-electron chi connectivity index (χ0n) is 37.5. The maximum atomic E-state index is 14.1. The normalized spacial score (nSPS) is 13.1. The summed E-state index contributed by atoms with van der Waals surface area (Å²) in [6.07, 6.45) is 7.01. The number of Topliss-reactive ketones (excluding diaryl/α,β-unsaturated/α-hetero) is 1. The van der Waals surface area contributed by atoms with Crippen LogP contribution in [0, 0.1) is 11.3 Å². The third-order valence-electron chi connectivity index (χ3n) is 11.1. The monoisotopic (exact) mass is 854 g/mol. The SMILES string of the molecule is C=COCC(C)(C)Cc1c(-c2cccnc2C(C)OC)n(CC)c2ccc(-c3csc(CC(NC(=O)C(C(C)C)N(C)C(=O)N(C)C(=C)C=C)C(=O)CCCCNN)n3)cc12. The average Bonchev–Trinajstić information content (AvgIpc) is 3.84. The molecule has 0 saturated carbocycles. The Balaban J connectivity index is 1.76. The van der Waals surface area contributed by atoms with E-state index in [9.17, 15) is 14.4 Å². The maximum Gasteiger partial charge on any atom is 0.324 e. The first-order chi connectivity index (χ1) is 29.0. The summed E-state index contributed by atoms with van der Waals surface area (Å²) in [4.78, 5) is 53.9. The zero-order chi connectivity index (χ0) is 45.0. The molecule has 3 unspecified atom stereocenters. The number of rotatable bonds is 24. The Morgan fingerprint density at radius 1 is 1.11 bits per heavy atom. The Kier molecular flexibility index (Phi) is 17.6. The molecule has 0 spiro atoms. The van der Waals surface area contributed by atoms with Crippen molar-refractivity contribution in [1.82, 2.24) is 35.1 Å². The molecule has 0 aliphatic rings. The van der Waals surface area contributed by atoms with E-state index in [2.05, 4.69) is 80.1 Å². The number of unbranched alkanes of at least 4 members (excludes halogenated alkanes) is 1. The molecule has 14 heteroatoms. The number of pyridine rings is 1. The van der Waals surface area contributed by atoms with E-state index in [0.29, 0.717) is 43.1 Å². The Hall–Kier alpha value is -5.15. The highest BCUT2D eigenvalue weighted by atomic mass is 32.1. The summed E-state index contributed by atoms with van der Waals surface area (Å²) < 4.78 is 13.9. The first-order valence-corrected chi connectivity index (χ1v) is 21.8. The number of likely N-dealkylation sites (N-methyl/N-ethyl adjacent to an activating group) is 2. The number of nitrogens with one attached hydrogen (secondary N) is 2. The number of nitrogens with two attached hydrogens (primary N) is 1. The molecule has 0 aliphatic heterocycles. The summed E-state index contributed by atoms with van der Waals surface area (Å²) >= 11 is 1.45. The second-order valence-electron chi connectivity index (χ2n) is 16.5. The van der Waals surface area contributed by atoms with Gasteiger partial charge in [0.15, 0.2) is 5.78 Å². The van der Waals surface area contributed by atoms with E-state index in [4.69, 9.17) is 25.3 Å². The summed E-state index contributed by atoms with van der Waals surface area (Å²) in [6.45, 7) is 25.4.